The fraction of sp³-hybridized carbons (Fsp3) is 0.0625. The van der Waals surface area contributed by atoms with Crippen LogP contribution >= 0.6 is 0 Å². The van der Waals surface area contributed by atoms with E-state index in [0.29, 0.717) is 0 Å². The maximum atomic E-state index is 10.5. The lowest BCUT2D eigenvalue weighted by Crippen LogP contribution is -2.18. The van der Waals surface area contributed by atoms with Crippen molar-refractivity contribution in [3.8, 4) is 11.1 Å². The molecule has 0 saturated carbocycles. The zero-order valence-electron chi connectivity index (χ0n) is 10.1. The maximum Gasteiger partial charge on any atom is 0.0643 e. The maximum absolute atomic E-state index is 10.5. The molecule has 0 amide bonds. The first kappa shape index (κ1) is 12.1. The van der Waals surface area contributed by atoms with E-state index in [4.69, 9.17) is 0 Å². The van der Waals surface area contributed by atoms with Gasteiger partial charge in [-0.1, -0.05) is 60.2 Å². The van der Waals surface area contributed by atoms with Crippen molar-refractivity contribution in [2.75, 3.05) is 0 Å². The van der Waals surface area contributed by atoms with Gasteiger partial charge in [0.05, 0.1) is 5.97 Å². The number of carbonyl (C=O) groups excluding carboxylic acids is 1. The minimum atomic E-state index is -1.19. The minimum Gasteiger partial charge on any atom is -0.545 e. The summed E-state index contributed by atoms with van der Waals surface area (Å²) < 4.78 is 0. The molecule has 0 saturated heterocycles. The first-order chi connectivity index (χ1) is 8.66. The predicted octanol–water partition coefficient (Wildman–Crippen LogP) is 2.43. The van der Waals surface area contributed by atoms with Gasteiger partial charge >= 0.3 is 0 Å². The van der Waals surface area contributed by atoms with Crippen molar-refractivity contribution >= 4 is 12.0 Å². The van der Waals surface area contributed by atoms with Crippen LogP contribution in [0.4, 0.5) is 0 Å². The smallest absolute Gasteiger partial charge is 0.0643 e. The van der Waals surface area contributed by atoms with Crippen molar-refractivity contribution in [1.82, 2.24) is 0 Å². The van der Waals surface area contributed by atoms with Crippen LogP contribution in [0.2, 0.25) is 0 Å². The lowest BCUT2D eigenvalue weighted by Gasteiger charge is -2.06. The molecule has 90 valence electrons. The van der Waals surface area contributed by atoms with Crippen LogP contribution in [-0.2, 0) is 4.79 Å². The van der Waals surface area contributed by atoms with Gasteiger partial charge < -0.3 is 9.90 Å². The van der Waals surface area contributed by atoms with Gasteiger partial charge in [-0.05, 0) is 29.7 Å². The van der Waals surface area contributed by atoms with Crippen molar-refractivity contribution in [3.05, 3.63) is 65.7 Å². The van der Waals surface area contributed by atoms with Gasteiger partial charge in [0.25, 0.3) is 0 Å². The highest BCUT2D eigenvalue weighted by Gasteiger charge is 2.01. The number of aliphatic carboxylic acids is 1. The van der Waals surface area contributed by atoms with Gasteiger partial charge in [-0.25, -0.2) is 0 Å². The molecule has 0 aliphatic rings. The Balaban J connectivity index is 2.44. The molecule has 0 atom stereocenters. The molecule has 2 aromatic rings. The molecule has 0 fully saturated rings. The molecule has 0 bridgehead atoms. The molecule has 0 N–H and O–H groups in total. The molecule has 0 spiro atoms. The van der Waals surface area contributed by atoms with Crippen molar-refractivity contribution in [2.45, 2.75) is 6.92 Å². The van der Waals surface area contributed by atoms with Crippen LogP contribution in [0, 0.1) is 6.92 Å². The number of benzene rings is 2. The Morgan fingerprint density at radius 2 is 1.72 bits per heavy atom. The summed E-state index contributed by atoms with van der Waals surface area (Å²) in [6.07, 6.45) is 2.61. The summed E-state index contributed by atoms with van der Waals surface area (Å²) in [5.41, 5.74) is 4.14. The number of rotatable bonds is 3. The molecule has 0 radical (unpaired) electrons. The molecule has 0 aliphatic heterocycles. The van der Waals surface area contributed by atoms with Crippen LogP contribution in [0.25, 0.3) is 17.2 Å². The van der Waals surface area contributed by atoms with E-state index in [-0.39, 0.29) is 0 Å². The summed E-state index contributed by atoms with van der Waals surface area (Å²) in [7, 11) is 0. The van der Waals surface area contributed by atoms with Gasteiger partial charge in [-0.15, -0.1) is 0 Å². The number of aryl methyl sites for hydroxylation is 1. The van der Waals surface area contributed by atoms with Crippen molar-refractivity contribution in [3.63, 3.8) is 0 Å². The highest BCUT2D eigenvalue weighted by molar-refractivity contribution is 5.86. The number of carbonyl (C=O) groups is 1. The topological polar surface area (TPSA) is 40.1 Å². The highest BCUT2D eigenvalue weighted by Crippen LogP contribution is 2.24. The van der Waals surface area contributed by atoms with Gasteiger partial charge in [0.2, 0.25) is 0 Å². The van der Waals surface area contributed by atoms with E-state index in [0.717, 1.165) is 22.8 Å². The van der Waals surface area contributed by atoms with Crippen LogP contribution in [0.5, 0.6) is 0 Å². The highest BCUT2D eigenvalue weighted by atomic mass is 16.4. The molecule has 18 heavy (non-hydrogen) atoms. The summed E-state index contributed by atoms with van der Waals surface area (Å²) in [6.45, 7) is 2.03. The second-order valence-corrected chi connectivity index (χ2v) is 4.11. The molecule has 2 nitrogen and oxygen atoms in total. The first-order valence-corrected chi connectivity index (χ1v) is 5.72. The van der Waals surface area contributed by atoms with E-state index in [9.17, 15) is 9.90 Å². The second kappa shape index (κ2) is 5.32. The van der Waals surface area contributed by atoms with E-state index >= 15 is 0 Å². The molecule has 2 heteroatoms. The van der Waals surface area contributed by atoms with Crippen LogP contribution in [0.15, 0.2) is 54.6 Å². The van der Waals surface area contributed by atoms with Gasteiger partial charge in [0.1, 0.15) is 0 Å². The van der Waals surface area contributed by atoms with E-state index in [1.807, 2.05) is 55.5 Å². The Morgan fingerprint density at radius 1 is 1.06 bits per heavy atom. The quantitative estimate of drug-likeness (QED) is 0.769. The predicted molar refractivity (Wildman–Crippen MR) is 70.7 cm³/mol. The Hall–Kier alpha value is -2.35. The lowest BCUT2D eigenvalue weighted by molar-refractivity contribution is -0.297. The van der Waals surface area contributed by atoms with E-state index in [1.54, 1.807) is 6.08 Å². The zero-order valence-corrected chi connectivity index (χ0v) is 10.1. The van der Waals surface area contributed by atoms with E-state index in [2.05, 4.69) is 0 Å². The third-order valence-corrected chi connectivity index (χ3v) is 2.72. The fourth-order valence-electron chi connectivity index (χ4n) is 1.80. The number of carboxylic acids is 1. The average Bonchev–Trinajstić information content (AvgIpc) is 2.38. The van der Waals surface area contributed by atoms with Crippen molar-refractivity contribution in [1.29, 1.82) is 0 Å². The minimum absolute atomic E-state index is 0.866. The summed E-state index contributed by atoms with van der Waals surface area (Å²) in [5, 5.41) is 10.5. The summed E-state index contributed by atoms with van der Waals surface area (Å²) in [6, 6.07) is 15.8. The molecule has 0 heterocycles. The van der Waals surface area contributed by atoms with E-state index in [1.165, 1.54) is 5.56 Å². The van der Waals surface area contributed by atoms with E-state index < -0.39 is 5.97 Å². The SMILES string of the molecule is Cc1ccc(-c2ccccc2/C=C/C(=O)[O-])cc1. The molecular formula is C16H13O2-. The van der Waals surface area contributed by atoms with Crippen LogP contribution in [0.3, 0.4) is 0 Å². The van der Waals surface area contributed by atoms with Crippen LogP contribution < -0.4 is 5.11 Å². The Kier molecular flexibility index (Phi) is 3.58. The van der Waals surface area contributed by atoms with Gasteiger partial charge in [0, 0.05) is 0 Å². The van der Waals surface area contributed by atoms with Crippen molar-refractivity contribution < 1.29 is 9.90 Å². The Morgan fingerprint density at radius 3 is 2.39 bits per heavy atom. The van der Waals surface area contributed by atoms with Gasteiger partial charge in [0.15, 0.2) is 0 Å². The third-order valence-electron chi connectivity index (χ3n) is 2.72. The Labute approximate surface area is 106 Å². The number of hydrogen-bond donors (Lipinski definition) is 0. The fourth-order valence-corrected chi connectivity index (χ4v) is 1.80. The molecule has 2 rings (SSSR count). The first-order valence-electron chi connectivity index (χ1n) is 5.72. The van der Waals surface area contributed by atoms with Gasteiger partial charge in [-0.2, -0.15) is 0 Å². The number of hydrogen-bond acceptors (Lipinski definition) is 2. The van der Waals surface area contributed by atoms with Crippen LogP contribution in [-0.4, -0.2) is 5.97 Å². The standard InChI is InChI=1S/C16H14O2/c1-12-6-8-14(9-7-12)15-5-3-2-4-13(15)10-11-16(17)18/h2-11H,1H3,(H,17,18)/p-1/b11-10+. The second-order valence-electron chi connectivity index (χ2n) is 4.11. The van der Waals surface area contributed by atoms with Crippen molar-refractivity contribution in [2.24, 2.45) is 0 Å². The zero-order chi connectivity index (χ0) is 13.0. The number of carboxylic acid groups (broad SMARTS) is 1. The van der Waals surface area contributed by atoms with Gasteiger partial charge in [-0.3, -0.25) is 0 Å². The molecule has 0 aromatic heterocycles. The molecular weight excluding hydrogens is 224 g/mol. The molecule has 2 aromatic carbocycles. The lowest BCUT2D eigenvalue weighted by atomic mass is 9.98. The average molecular weight is 237 g/mol. The summed E-state index contributed by atoms with van der Waals surface area (Å²) in [5.74, 6) is -1.19. The molecule has 0 unspecified atom stereocenters. The Bertz CT molecular complexity index is 580. The third kappa shape index (κ3) is 2.86. The summed E-state index contributed by atoms with van der Waals surface area (Å²) in [4.78, 5) is 10.5. The molecule has 0 aliphatic carbocycles. The van der Waals surface area contributed by atoms with Crippen LogP contribution in [0.1, 0.15) is 11.1 Å². The largest absolute Gasteiger partial charge is 0.545 e. The normalized spacial score (nSPS) is 10.7. The summed E-state index contributed by atoms with van der Waals surface area (Å²) >= 11 is 0. The monoisotopic (exact) mass is 237 g/mol.